The van der Waals surface area contributed by atoms with Crippen LogP contribution in [0.1, 0.15) is 0 Å². The molecule has 0 bridgehead atoms. The summed E-state index contributed by atoms with van der Waals surface area (Å²) in [6.45, 7) is 6.05. The van der Waals surface area contributed by atoms with Crippen LogP contribution in [0.3, 0.4) is 0 Å². The quantitative estimate of drug-likeness (QED) is 0.796. The van der Waals surface area contributed by atoms with Crippen LogP contribution >= 0.6 is 15.9 Å². The Morgan fingerprint density at radius 3 is 2.75 bits per heavy atom. The van der Waals surface area contributed by atoms with Crippen molar-refractivity contribution in [2.24, 2.45) is 0 Å². The molecule has 2 rings (SSSR count). The van der Waals surface area contributed by atoms with Gasteiger partial charge in [-0.15, -0.1) is 0 Å². The number of ether oxygens (including phenoxy) is 1. The van der Waals surface area contributed by atoms with E-state index in [1.807, 2.05) is 24.3 Å². The van der Waals surface area contributed by atoms with Crippen LogP contribution in [0.5, 0.6) is 5.75 Å². The minimum atomic E-state index is 0.599. The smallest absolute Gasteiger partial charge is 0.119 e. The third-order valence-corrected chi connectivity index (χ3v) is 4.25. The van der Waals surface area contributed by atoms with Gasteiger partial charge in [-0.25, -0.2) is 0 Å². The molecule has 112 valence electrons. The van der Waals surface area contributed by atoms with E-state index in [2.05, 4.69) is 45.1 Å². The van der Waals surface area contributed by atoms with Gasteiger partial charge in [0.1, 0.15) is 12.4 Å². The first-order chi connectivity index (χ1) is 9.65. The van der Waals surface area contributed by atoms with Crippen molar-refractivity contribution in [3.8, 4) is 5.75 Å². The highest BCUT2D eigenvalue weighted by atomic mass is 79.9. The zero-order valence-electron chi connectivity index (χ0n) is 12.3. The van der Waals surface area contributed by atoms with Gasteiger partial charge in [-0.05, 0) is 38.4 Å². The first-order valence-corrected chi connectivity index (χ1v) is 7.92. The molecule has 1 fully saturated rings. The number of nitrogens with zero attached hydrogens (tertiary/aromatic N) is 2. The largest absolute Gasteiger partial charge is 0.492 e. The minimum absolute atomic E-state index is 0.599. The lowest BCUT2D eigenvalue weighted by Crippen LogP contribution is -2.54. The molecule has 0 radical (unpaired) electrons. The molecule has 1 aliphatic rings. The summed E-state index contributed by atoms with van der Waals surface area (Å²) in [5.41, 5.74) is 0. The number of rotatable bonds is 6. The predicted molar refractivity (Wildman–Crippen MR) is 86.4 cm³/mol. The van der Waals surface area contributed by atoms with Crippen molar-refractivity contribution in [1.29, 1.82) is 0 Å². The molecule has 1 N–H and O–H groups in total. The van der Waals surface area contributed by atoms with Gasteiger partial charge in [-0.2, -0.15) is 0 Å². The van der Waals surface area contributed by atoms with Gasteiger partial charge >= 0.3 is 0 Å². The fourth-order valence-electron chi connectivity index (χ4n) is 2.36. The molecule has 1 heterocycles. The molecule has 1 atom stereocenters. The van der Waals surface area contributed by atoms with Crippen molar-refractivity contribution in [1.82, 2.24) is 15.1 Å². The maximum atomic E-state index is 5.69. The predicted octanol–water partition coefficient (Wildman–Crippen LogP) is 1.66. The van der Waals surface area contributed by atoms with Gasteiger partial charge in [0, 0.05) is 43.2 Å². The number of likely N-dealkylation sites (N-methyl/N-ethyl adjacent to an activating group) is 2. The normalized spacial score (nSPS) is 21.1. The van der Waals surface area contributed by atoms with E-state index in [9.17, 15) is 0 Å². The van der Waals surface area contributed by atoms with E-state index in [0.717, 1.165) is 36.4 Å². The molecule has 20 heavy (non-hydrogen) atoms. The summed E-state index contributed by atoms with van der Waals surface area (Å²) in [6.07, 6.45) is 0. The lowest BCUT2D eigenvalue weighted by Gasteiger charge is -2.37. The first kappa shape index (κ1) is 15.8. The van der Waals surface area contributed by atoms with E-state index >= 15 is 0 Å². The molecular weight excluding hydrogens is 318 g/mol. The fraction of sp³-hybridized carbons (Fsp3) is 0.600. The summed E-state index contributed by atoms with van der Waals surface area (Å²) >= 11 is 3.42. The van der Waals surface area contributed by atoms with Crippen molar-refractivity contribution in [2.45, 2.75) is 6.04 Å². The number of benzene rings is 1. The van der Waals surface area contributed by atoms with Crippen LogP contribution in [0.15, 0.2) is 28.7 Å². The summed E-state index contributed by atoms with van der Waals surface area (Å²) < 4.78 is 6.77. The second kappa shape index (κ2) is 7.98. The summed E-state index contributed by atoms with van der Waals surface area (Å²) in [5.74, 6) is 0.921. The topological polar surface area (TPSA) is 27.7 Å². The first-order valence-electron chi connectivity index (χ1n) is 7.13. The molecular formula is C15H24BrN3O. The Labute approximate surface area is 130 Å². The van der Waals surface area contributed by atoms with Gasteiger partial charge in [0.25, 0.3) is 0 Å². The molecule has 0 saturated carbocycles. The molecule has 1 aromatic rings. The SMILES string of the molecule is CN1CCN(C)C(CNCCOc2ccc(Br)cc2)C1. The number of nitrogens with one attached hydrogen (secondary N) is 1. The Kier molecular flexibility index (Phi) is 6.29. The molecule has 1 aromatic carbocycles. The molecule has 1 saturated heterocycles. The van der Waals surface area contributed by atoms with Gasteiger partial charge in [0.05, 0.1) is 0 Å². The lowest BCUT2D eigenvalue weighted by molar-refractivity contribution is 0.113. The summed E-state index contributed by atoms with van der Waals surface area (Å²) in [6, 6.07) is 8.55. The highest BCUT2D eigenvalue weighted by Gasteiger charge is 2.21. The molecule has 1 unspecified atom stereocenters. The fourth-order valence-corrected chi connectivity index (χ4v) is 2.63. The van der Waals surface area contributed by atoms with E-state index in [4.69, 9.17) is 4.74 Å². The summed E-state index contributed by atoms with van der Waals surface area (Å²) in [4.78, 5) is 4.83. The third-order valence-electron chi connectivity index (χ3n) is 3.72. The van der Waals surface area contributed by atoms with Gasteiger partial charge in [-0.1, -0.05) is 15.9 Å². The van der Waals surface area contributed by atoms with Crippen LogP contribution in [0.4, 0.5) is 0 Å². The Morgan fingerprint density at radius 1 is 1.25 bits per heavy atom. The highest BCUT2D eigenvalue weighted by molar-refractivity contribution is 9.10. The van der Waals surface area contributed by atoms with Crippen molar-refractivity contribution >= 4 is 15.9 Å². The van der Waals surface area contributed by atoms with E-state index in [0.29, 0.717) is 12.6 Å². The third kappa shape index (κ3) is 5.05. The zero-order valence-corrected chi connectivity index (χ0v) is 13.9. The molecule has 5 heteroatoms. The average molecular weight is 342 g/mol. The molecule has 1 aliphatic heterocycles. The minimum Gasteiger partial charge on any atom is -0.492 e. The standard InChI is InChI=1S/C15H24BrN3O/c1-18-8-9-19(2)14(12-18)11-17-7-10-20-15-5-3-13(16)4-6-15/h3-6,14,17H,7-12H2,1-2H3. The van der Waals surface area contributed by atoms with Crippen LogP contribution in [-0.2, 0) is 0 Å². The second-order valence-electron chi connectivity index (χ2n) is 5.40. The number of halogens is 1. The Balaban J connectivity index is 1.60. The molecule has 0 aliphatic carbocycles. The molecule has 0 amide bonds. The van der Waals surface area contributed by atoms with Crippen molar-refractivity contribution in [2.75, 3.05) is 53.4 Å². The maximum absolute atomic E-state index is 5.69. The monoisotopic (exact) mass is 341 g/mol. The Bertz CT molecular complexity index is 399. The van der Waals surface area contributed by atoms with Gasteiger partial charge in [0.15, 0.2) is 0 Å². The van der Waals surface area contributed by atoms with Crippen molar-refractivity contribution < 1.29 is 4.74 Å². The van der Waals surface area contributed by atoms with Crippen molar-refractivity contribution in [3.63, 3.8) is 0 Å². The highest BCUT2D eigenvalue weighted by Crippen LogP contribution is 2.15. The van der Waals surface area contributed by atoms with Crippen molar-refractivity contribution in [3.05, 3.63) is 28.7 Å². The molecule has 4 nitrogen and oxygen atoms in total. The van der Waals surface area contributed by atoms with Crippen LogP contribution in [-0.4, -0.2) is 69.3 Å². The van der Waals surface area contributed by atoms with Crippen LogP contribution in [0.25, 0.3) is 0 Å². The van der Waals surface area contributed by atoms with Crippen LogP contribution in [0, 0.1) is 0 Å². The molecule has 0 spiro atoms. The average Bonchev–Trinajstić information content (AvgIpc) is 2.44. The molecule has 0 aromatic heterocycles. The number of hydrogen-bond donors (Lipinski definition) is 1. The maximum Gasteiger partial charge on any atom is 0.119 e. The lowest BCUT2D eigenvalue weighted by atomic mass is 10.2. The summed E-state index contributed by atoms with van der Waals surface area (Å²) in [7, 11) is 4.40. The van der Waals surface area contributed by atoms with Crippen LogP contribution in [0.2, 0.25) is 0 Å². The number of piperazine rings is 1. The number of hydrogen-bond acceptors (Lipinski definition) is 4. The van der Waals surface area contributed by atoms with E-state index in [1.165, 1.54) is 6.54 Å². The Hall–Kier alpha value is -0.620. The van der Waals surface area contributed by atoms with E-state index < -0.39 is 0 Å². The van der Waals surface area contributed by atoms with Gasteiger partial charge < -0.3 is 15.0 Å². The van der Waals surface area contributed by atoms with E-state index in [-0.39, 0.29) is 0 Å². The van der Waals surface area contributed by atoms with E-state index in [1.54, 1.807) is 0 Å². The summed E-state index contributed by atoms with van der Waals surface area (Å²) in [5, 5.41) is 3.49. The Morgan fingerprint density at radius 2 is 2.00 bits per heavy atom. The second-order valence-corrected chi connectivity index (χ2v) is 6.32. The van der Waals surface area contributed by atoms with Crippen LogP contribution < -0.4 is 10.1 Å². The van der Waals surface area contributed by atoms with Gasteiger partial charge in [-0.3, -0.25) is 4.90 Å². The zero-order chi connectivity index (χ0) is 14.4. The van der Waals surface area contributed by atoms with Gasteiger partial charge in [0.2, 0.25) is 0 Å².